The van der Waals surface area contributed by atoms with Crippen molar-refractivity contribution in [3.8, 4) is 0 Å². The quantitative estimate of drug-likeness (QED) is 0.831. The number of rotatable bonds is 4. The molecule has 1 aromatic rings. The van der Waals surface area contributed by atoms with Gasteiger partial charge in [-0.15, -0.1) is 11.3 Å². The first kappa shape index (κ1) is 18.4. The number of likely N-dealkylation sites (tertiary alicyclic amines) is 1. The zero-order valence-electron chi connectivity index (χ0n) is 15.2. The van der Waals surface area contributed by atoms with E-state index in [1.54, 1.807) is 11.3 Å². The fraction of sp³-hybridized carbons (Fsp3) is 0.684. The summed E-state index contributed by atoms with van der Waals surface area (Å²) >= 11 is 1.55. The van der Waals surface area contributed by atoms with E-state index in [1.807, 2.05) is 0 Å². The lowest BCUT2D eigenvalue weighted by atomic mass is 9.88. The van der Waals surface area contributed by atoms with E-state index in [9.17, 15) is 9.59 Å². The maximum atomic E-state index is 12.5. The van der Waals surface area contributed by atoms with E-state index >= 15 is 0 Å². The molecule has 1 aliphatic carbocycles. The molecule has 1 saturated heterocycles. The van der Waals surface area contributed by atoms with Crippen molar-refractivity contribution in [2.24, 2.45) is 5.92 Å². The van der Waals surface area contributed by atoms with Gasteiger partial charge in [-0.3, -0.25) is 9.69 Å². The Bertz CT molecular complexity index is 633. The Morgan fingerprint density at radius 3 is 2.64 bits per heavy atom. The van der Waals surface area contributed by atoms with Crippen LogP contribution in [0.25, 0.3) is 0 Å². The molecule has 1 fully saturated rings. The number of ether oxygens (including phenoxy) is 1. The van der Waals surface area contributed by atoms with E-state index in [0.29, 0.717) is 23.0 Å². The van der Waals surface area contributed by atoms with Gasteiger partial charge in [0, 0.05) is 4.88 Å². The number of anilines is 1. The smallest absolute Gasteiger partial charge is 0.341 e. The lowest BCUT2D eigenvalue weighted by Crippen LogP contribution is -2.34. The summed E-state index contributed by atoms with van der Waals surface area (Å²) in [6, 6.07) is 0. The number of hydrogen-bond acceptors (Lipinski definition) is 5. The van der Waals surface area contributed by atoms with Crippen LogP contribution in [0.1, 0.15) is 59.8 Å². The maximum absolute atomic E-state index is 12.5. The summed E-state index contributed by atoms with van der Waals surface area (Å²) in [6.45, 7) is 4.60. The standard InChI is InChI=1S/C19H28N2O3S/c1-13-7-8-14-15(11-13)25-18(17(14)19(23)24-2)20-16(22)12-21-9-5-3-4-6-10-21/h13H,3-12H2,1-2H3,(H,20,22). The summed E-state index contributed by atoms with van der Waals surface area (Å²) in [5.41, 5.74) is 1.67. The summed E-state index contributed by atoms with van der Waals surface area (Å²) in [5.74, 6) is 0.258. The predicted molar refractivity (Wildman–Crippen MR) is 100 cm³/mol. The van der Waals surface area contributed by atoms with E-state index in [-0.39, 0.29) is 11.9 Å². The first-order valence-corrected chi connectivity index (χ1v) is 10.1. The highest BCUT2D eigenvalue weighted by Gasteiger charge is 2.29. The topological polar surface area (TPSA) is 58.6 Å². The van der Waals surface area contributed by atoms with Gasteiger partial charge in [-0.2, -0.15) is 0 Å². The van der Waals surface area contributed by atoms with Crippen LogP contribution in [-0.4, -0.2) is 43.5 Å². The van der Waals surface area contributed by atoms with Gasteiger partial charge in [-0.1, -0.05) is 19.8 Å². The molecule has 0 bridgehead atoms. The Hall–Kier alpha value is -1.40. The molecule has 3 rings (SSSR count). The number of carbonyl (C=O) groups is 2. The fourth-order valence-electron chi connectivity index (χ4n) is 3.82. The molecule has 1 aromatic heterocycles. The third kappa shape index (κ3) is 4.42. The number of hydrogen-bond donors (Lipinski definition) is 1. The Morgan fingerprint density at radius 1 is 1.24 bits per heavy atom. The summed E-state index contributed by atoms with van der Waals surface area (Å²) in [7, 11) is 1.40. The molecule has 2 aliphatic rings. The van der Waals surface area contributed by atoms with Crippen molar-refractivity contribution in [1.82, 2.24) is 4.90 Å². The van der Waals surface area contributed by atoms with Gasteiger partial charge in [0.1, 0.15) is 5.00 Å². The molecule has 1 atom stereocenters. The zero-order chi connectivity index (χ0) is 17.8. The lowest BCUT2D eigenvalue weighted by molar-refractivity contribution is -0.117. The summed E-state index contributed by atoms with van der Waals surface area (Å²) in [4.78, 5) is 28.3. The molecular weight excluding hydrogens is 336 g/mol. The average molecular weight is 365 g/mol. The molecule has 1 aliphatic heterocycles. The molecule has 1 N–H and O–H groups in total. The zero-order valence-corrected chi connectivity index (χ0v) is 16.0. The SMILES string of the molecule is COC(=O)c1c(NC(=O)CN2CCCCCC2)sc2c1CCC(C)C2. The molecule has 1 amide bonds. The number of carbonyl (C=O) groups excluding carboxylic acids is 2. The summed E-state index contributed by atoms with van der Waals surface area (Å²) in [5, 5.41) is 3.67. The molecule has 0 radical (unpaired) electrons. The minimum Gasteiger partial charge on any atom is -0.465 e. The molecule has 0 spiro atoms. The van der Waals surface area contributed by atoms with Gasteiger partial charge in [0.25, 0.3) is 0 Å². The van der Waals surface area contributed by atoms with Gasteiger partial charge in [0.05, 0.1) is 19.2 Å². The minimum atomic E-state index is -0.336. The molecule has 5 nitrogen and oxygen atoms in total. The van der Waals surface area contributed by atoms with Gasteiger partial charge >= 0.3 is 5.97 Å². The third-order valence-electron chi connectivity index (χ3n) is 5.22. The Balaban J connectivity index is 1.74. The van der Waals surface area contributed by atoms with E-state index in [2.05, 4.69) is 17.1 Å². The normalized spacial score (nSPS) is 21.3. The second-order valence-electron chi connectivity index (χ2n) is 7.29. The highest BCUT2D eigenvalue weighted by Crippen LogP contribution is 2.40. The molecule has 25 heavy (non-hydrogen) atoms. The van der Waals surface area contributed by atoms with Gasteiger partial charge < -0.3 is 10.1 Å². The third-order valence-corrected chi connectivity index (χ3v) is 6.39. The number of amides is 1. The first-order chi connectivity index (χ1) is 12.1. The minimum absolute atomic E-state index is 0.0290. The number of esters is 1. The van der Waals surface area contributed by atoms with Crippen molar-refractivity contribution in [2.45, 2.75) is 51.9 Å². The summed E-state index contributed by atoms with van der Waals surface area (Å²) < 4.78 is 4.98. The molecule has 1 unspecified atom stereocenters. The maximum Gasteiger partial charge on any atom is 0.341 e. The molecule has 0 aromatic carbocycles. The van der Waals surface area contributed by atoms with Crippen LogP contribution in [0.2, 0.25) is 0 Å². The Morgan fingerprint density at radius 2 is 1.96 bits per heavy atom. The van der Waals surface area contributed by atoms with Crippen LogP contribution in [0.3, 0.4) is 0 Å². The van der Waals surface area contributed by atoms with Crippen LogP contribution in [0.4, 0.5) is 5.00 Å². The molecule has 138 valence electrons. The predicted octanol–water partition coefficient (Wildman–Crippen LogP) is 3.47. The second-order valence-corrected chi connectivity index (χ2v) is 8.39. The van der Waals surface area contributed by atoms with E-state index < -0.39 is 0 Å². The first-order valence-electron chi connectivity index (χ1n) is 9.33. The van der Waals surface area contributed by atoms with Crippen LogP contribution in [0.15, 0.2) is 0 Å². The summed E-state index contributed by atoms with van der Waals surface area (Å²) in [6.07, 6.45) is 7.76. The van der Waals surface area contributed by atoms with Crippen LogP contribution in [-0.2, 0) is 22.4 Å². The lowest BCUT2D eigenvalue weighted by Gasteiger charge is -2.19. The second kappa shape index (κ2) is 8.32. The van der Waals surface area contributed by atoms with E-state index in [1.165, 1.54) is 24.8 Å². The molecule has 2 heterocycles. The Labute approximate surface area is 153 Å². The van der Waals surface area contributed by atoms with E-state index in [0.717, 1.165) is 50.8 Å². The average Bonchev–Trinajstić information content (AvgIpc) is 2.75. The number of methoxy groups -OCH3 is 1. The number of fused-ring (bicyclic) bond motifs is 1. The monoisotopic (exact) mass is 364 g/mol. The van der Waals surface area contributed by atoms with Gasteiger partial charge in [0.2, 0.25) is 5.91 Å². The largest absolute Gasteiger partial charge is 0.465 e. The van der Waals surface area contributed by atoms with Gasteiger partial charge in [0.15, 0.2) is 0 Å². The van der Waals surface area contributed by atoms with Crippen LogP contribution < -0.4 is 5.32 Å². The van der Waals surface area contributed by atoms with Crippen LogP contribution in [0, 0.1) is 5.92 Å². The van der Waals surface area contributed by atoms with Crippen molar-refractivity contribution in [1.29, 1.82) is 0 Å². The van der Waals surface area contributed by atoms with Crippen molar-refractivity contribution in [3.05, 3.63) is 16.0 Å². The van der Waals surface area contributed by atoms with Gasteiger partial charge in [-0.25, -0.2) is 4.79 Å². The fourth-order valence-corrected chi connectivity index (χ4v) is 5.24. The van der Waals surface area contributed by atoms with Gasteiger partial charge in [-0.05, 0) is 56.7 Å². The Kier molecular flexibility index (Phi) is 6.12. The van der Waals surface area contributed by atoms with E-state index in [4.69, 9.17) is 4.74 Å². The molecular formula is C19H28N2O3S. The van der Waals surface area contributed by atoms with Crippen LogP contribution >= 0.6 is 11.3 Å². The number of thiophene rings is 1. The number of nitrogens with one attached hydrogen (secondary N) is 1. The number of nitrogens with zero attached hydrogens (tertiary/aromatic N) is 1. The molecule has 0 saturated carbocycles. The highest BCUT2D eigenvalue weighted by molar-refractivity contribution is 7.17. The highest BCUT2D eigenvalue weighted by atomic mass is 32.1. The van der Waals surface area contributed by atoms with Crippen molar-refractivity contribution in [2.75, 3.05) is 32.1 Å². The van der Waals surface area contributed by atoms with Crippen molar-refractivity contribution in [3.63, 3.8) is 0 Å². The van der Waals surface area contributed by atoms with Crippen molar-refractivity contribution >= 4 is 28.2 Å². The molecule has 6 heteroatoms. The van der Waals surface area contributed by atoms with Crippen molar-refractivity contribution < 1.29 is 14.3 Å². The van der Waals surface area contributed by atoms with Crippen LogP contribution in [0.5, 0.6) is 0 Å².